The molecule has 0 unspecified atom stereocenters. The second-order valence-electron chi connectivity index (χ2n) is 3.29. The lowest BCUT2D eigenvalue weighted by molar-refractivity contribution is 0.223. The highest BCUT2D eigenvalue weighted by Crippen LogP contribution is 1.98. The van der Waals surface area contributed by atoms with Gasteiger partial charge in [-0.1, -0.05) is 6.92 Å². The number of rotatable bonds is 4. The molecule has 0 radical (unpaired) electrons. The van der Waals surface area contributed by atoms with Crippen LogP contribution >= 0.6 is 0 Å². The van der Waals surface area contributed by atoms with Gasteiger partial charge in [-0.25, -0.2) is 0 Å². The summed E-state index contributed by atoms with van der Waals surface area (Å²) in [6.45, 7) is 3.39. The average molecular weight is 144 g/mol. The number of likely N-dealkylation sites (N-methyl/N-ethyl adjacent to an activating group) is 2. The van der Waals surface area contributed by atoms with Crippen molar-refractivity contribution >= 4 is 0 Å². The minimum atomic E-state index is 0.704. The molecule has 1 atom stereocenters. The van der Waals surface area contributed by atoms with Gasteiger partial charge < -0.3 is 9.80 Å². The van der Waals surface area contributed by atoms with E-state index in [1.54, 1.807) is 0 Å². The van der Waals surface area contributed by atoms with Gasteiger partial charge in [0, 0.05) is 12.6 Å². The summed E-state index contributed by atoms with van der Waals surface area (Å²) in [5, 5.41) is 0. The minimum absolute atomic E-state index is 0.704. The fraction of sp³-hybridized carbons (Fsp3) is 1.00. The molecule has 0 spiro atoms. The van der Waals surface area contributed by atoms with Crippen molar-refractivity contribution in [3.8, 4) is 0 Å². The van der Waals surface area contributed by atoms with Crippen LogP contribution in [-0.4, -0.2) is 50.6 Å². The number of hydrogen-bond donors (Lipinski definition) is 0. The Kier molecular flexibility index (Phi) is 4.65. The molecule has 10 heavy (non-hydrogen) atoms. The molecule has 2 nitrogen and oxygen atoms in total. The summed E-state index contributed by atoms with van der Waals surface area (Å²) < 4.78 is 0. The van der Waals surface area contributed by atoms with Gasteiger partial charge >= 0.3 is 0 Å². The van der Waals surface area contributed by atoms with Gasteiger partial charge in [0.2, 0.25) is 0 Å². The molecule has 0 aromatic carbocycles. The summed E-state index contributed by atoms with van der Waals surface area (Å²) in [4.78, 5) is 4.51. The number of nitrogens with zero attached hydrogens (tertiary/aromatic N) is 2. The van der Waals surface area contributed by atoms with Crippen molar-refractivity contribution < 1.29 is 0 Å². The second-order valence-corrected chi connectivity index (χ2v) is 3.29. The molecule has 0 saturated carbocycles. The van der Waals surface area contributed by atoms with Crippen molar-refractivity contribution in [2.45, 2.75) is 19.4 Å². The Morgan fingerprint density at radius 3 is 1.70 bits per heavy atom. The van der Waals surface area contributed by atoms with Gasteiger partial charge in [-0.05, 0) is 34.6 Å². The van der Waals surface area contributed by atoms with E-state index >= 15 is 0 Å². The van der Waals surface area contributed by atoms with Crippen LogP contribution in [0.2, 0.25) is 0 Å². The van der Waals surface area contributed by atoms with Crippen LogP contribution in [0.3, 0.4) is 0 Å². The van der Waals surface area contributed by atoms with E-state index in [1.807, 2.05) is 0 Å². The molecule has 0 amide bonds. The van der Waals surface area contributed by atoms with E-state index in [0.29, 0.717) is 6.04 Å². The first-order valence-electron chi connectivity index (χ1n) is 3.89. The highest BCUT2D eigenvalue weighted by Gasteiger charge is 2.08. The van der Waals surface area contributed by atoms with Crippen molar-refractivity contribution in [2.24, 2.45) is 0 Å². The molecule has 0 aliphatic carbocycles. The molecule has 0 fully saturated rings. The normalized spacial score (nSPS) is 14.7. The smallest absolute Gasteiger partial charge is 0.0214 e. The first-order chi connectivity index (χ1) is 4.57. The van der Waals surface area contributed by atoms with Crippen LogP contribution in [0.15, 0.2) is 0 Å². The quantitative estimate of drug-likeness (QED) is 0.578. The van der Waals surface area contributed by atoms with Crippen LogP contribution < -0.4 is 0 Å². The van der Waals surface area contributed by atoms with Gasteiger partial charge in [0.25, 0.3) is 0 Å². The Hall–Kier alpha value is -0.0800. The van der Waals surface area contributed by atoms with E-state index < -0.39 is 0 Å². The second kappa shape index (κ2) is 4.69. The third kappa shape index (κ3) is 3.85. The molecule has 0 aliphatic heterocycles. The highest BCUT2D eigenvalue weighted by molar-refractivity contribution is 4.65. The first-order valence-corrected chi connectivity index (χ1v) is 3.89. The summed E-state index contributed by atoms with van der Waals surface area (Å²) in [5.74, 6) is 0. The van der Waals surface area contributed by atoms with Crippen LogP contribution in [0.1, 0.15) is 13.3 Å². The lowest BCUT2D eigenvalue weighted by Gasteiger charge is -2.25. The molecular formula is C8H20N2. The molecule has 0 rings (SSSR count). The Morgan fingerprint density at radius 1 is 1.10 bits per heavy atom. The minimum Gasteiger partial charge on any atom is -0.308 e. The summed E-state index contributed by atoms with van der Waals surface area (Å²) in [6, 6.07) is 0.704. The summed E-state index contributed by atoms with van der Waals surface area (Å²) >= 11 is 0. The first kappa shape index (κ1) is 9.92. The third-order valence-corrected chi connectivity index (χ3v) is 1.78. The molecule has 0 saturated heterocycles. The van der Waals surface area contributed by atoms with Gasteiger partial charge in [0.15, 0.2) is 0 Å². The lowest BCUT2D eigenvalue weighted by Crippen LogP contribution is -2.36. The zero-order valence-electron chi connectivity index (χ0n) is 7.89. The van der Waals surface area contributed by atoms with Gasteiger partial charge in [-0.3, -0.25) is 0 Å². The van der Waals surface area contributed by atoms with Crippen LogP contribution in [0, 0.1) is 0 Å². The van der Waals surface area contributed by atoms with E-state index in [1.165, 1.54) is 6.42 Å². The third-order valence-electron chi connectivity index (χ3n) is 1.78. The molecule has 0 heterocycles. The standard InChI is InChI=1S/C8H20N2/c1-6-8(10(4)5)7-9(2)3/h8H,6-7H2,1-5H3/t8-/m0/s1. The Balaban J connectivity index is 3.60. The van der Waals surface area contributed by atoms with Crippen LogP contribution in [0.4, 0.5) is 0 Å². The zero-order valence-corrected chi connectivity index (χ0v) is 7.89. The Bertz CT molecular complexity index is 79.3. The lowest BCUT2D eigenvalue weighted by atomic mass is 10.2. The van der Waals surface area contributed by atoms with Gasteiger partial charge in [-0.2, -0.15) is 0 Å². The molecule has 0 aromatic rings. The van der Waals surface area contributed by atoms with Crippen molar-refractivity contribution in [1.29, 1.82) is 0 Å². The molecule has 0 bridgehead atoms. The van der Waals surface area contributed by atoms with Crippen LogP contribution in [-0.2, 0) is 0 Å². The maximum atomic E-state index is 2.28. The van der Waals surface area contributed by atoms with E-state index in [0.717, 1.165) is 6.54 Å². The zero-order chi connectivity index (χ0) is 8.15. The maximum Gasteiger partial charge on any atom is 0.0214 e. The van der Waals surface area contributed by atoms with Crippen LogP contribution in [0.25, 0.3) is 0 Å². The van der Waals surface area contributed by atoms with Crippen molar-refractivity contribution in [3.63, 3.8) is 0 Å². The maximum absolute atomic E-state index is 2.28. The average Bonchev–Trinajstić information content (AvgIpc) is 1.81. The summed E-state index contributed by atoms with van der Waals surface area (Å²) in [6.07, 6.45) is 1.23. The topological polar surface area (TPSA) is 6.48 Å². The Labute approximate surface area is 64.8 Å². The number of hydrogen-bond acceptors (Lipinski definition) is 2. The largest absolute Gasteiger partial charge is 0.308 e. The summed E-state index contributed by atoms with van der Waals surface area (Å²) in [5.41, 5.74) is 0. The molecule has 0 aromatic heterocycles. The molecular weight excluding hydrogens is 124 g/mol. The van der Waals surface area contributed by atoms with E-state index in [9.17, 15) is 0 Å². The predicted octanol–water partition coefficient (Wildman–Crippen LogP) is 0.888. The fourth-order valence-corrected chi connectivity index (χ4v) is 1.08. The van der Waals surface area contributed by atoms with E-state index in [4.69, 9.17) is 0 Å². The highest BCUT2D eigenvalue weighted by atomic mass is 15.2. The summed E-state index contributed by atoms with van der Waals surface area (Å²) in [7, 11) is 8.51. The van der Waals surface area contributed by atoms with Gasteiger partial charge in [0.1, 0.15) is 0 Å². The van der Waals surface area contributed by atoms with Crippen molar-refractivity contribution in [2.75, 3.05) is 34.7 Å². The molecule has 0 aliphatic rings. The monoisotopic (exact) mass is 144 g/mol. The Morgan fingerprint density at radius 2 is 1.60 bits per heavy atom. The molecule has 2 heteroatoms. The van der Waals surface area contributed by atoms with E-state index in [-0.39, 0.29) is 0 Å². The fourth-order valence-electron chi connectivity index (χ4n) is 1.08. The SMILES string of the molecule is CC[C@@H](CN(C)C)N(C)C. The molecule has 62 valence electrons. The van der Waals surface area contributed by atoms with Gasteiger partial charge in [-0.15, -0.1) is 0 Å². The van der Waals surface area contributed by atoms with Crippen molar-refractivity contribution in [1.82, 2.24) is 9.80 Å². The van der Waals surface area contributed by atoms with Crippen molar-refractivity contribution in [3.05, 3.63) is 0 Å². The molecule has 0 N–H and O–H groups in total. The van der Waals surface area contributed by atoms with E-state index in [2.05, 4.69) is 44.9 Å². The predicted molar refractivity (Wildman–Crippen MR) is 46.3 cm³/mol. The van der Waals surface area contributed by atoms with Gasteiger partial charge in [0.05, 0.1) is 0 Å². The van der Waals surface area contributed by atoms with Crippen LogP contribution in [0.5, 0.6) is 0 Å².